The molecule has 19 heavy (non-hydrogen) atoms. The Kier molecular flexibility index (Phi) is 4.69. The summed E-state index contributed by atoms with van der Waals surface area (Å²) in [4.78, 5) is 0. The van der Waals surface area contributed by atoms with Crippen LogP contribution < -0.4 is 5.32 Å². The minimum absolute atomic E-state index is 0.134. The maximum atomic E-state index is 13.6. The lowest BCUT2D eigenvalue weighted by molar-refractivity contribution is 0.525. The number of hydrogen-bond donors (Lipinski definition) is 1. The van der Waals surface area contributed by atoms with Crippen molar-refractivity contribution in [1.82, 2.24) is 5.32 Å². The third-order valence-electron chi connectivity index (χ3n) is 3.23. The van der Waals surface area contributed by atoms with Gasteiger partial charge in [-0.1, -0.05) is 48.0 Å². The fraction of sp³-hybridized carbons (Fsp3) is 0.294. The maximum absolute atomic E-state index is 13.6. The summed E-state index contributed by atoms with van der Waals surface area (Å²) in [5.74, 6) is -0.134. The molecule has 0 saturated carbocycles. The second kappa shape index (κ2) is 6.48. The number of nitrogens with one attached hydrogen (secondary N) is 1. The Hall–Kier alpha value is -1.67. The highest BCUT2D eigenvalue weighted by Gasteiger charge is 2.06. The zero-order valence-electron chi connectivity index (χ0n) is 11.5. The standard InChI is InChI=1S/C17H20FN/c1-13-8-9-17(18)16(10-13)12-19-14(2)11-15-6-4-3-5-7-15/h3-10,14,19H,11-12H2,1-2H3. The van der Waals surface area contributed by atoms with Crippen molar-refractivity contribution < 1.29 is 4.39 Å². The molecule has 2 aromatic carbocycles. The van der Waals surface area contributed by atoms with Crippen molar-refractivity contribution in [3.05, 3.63) is 71.0 Å². The minimum Gasteiger partial charge on any atom is -0.310 e. The molecule has 0 aliphatic carbocycles. The van der Waals surface area contributed by atoms with Gasteiger partial charge in [0.05, 0.1) is 0 Å². The summed E-state index contributed by atoms with van der Waals surface area (Å²) < 4.78 is 13.6. The molecule has 0 fully saturated rings. The van der Waals surface area contributed by atoms with Crippen molar-refractivity contribution in [2.45, 2.75) is 32.9 Å². The lowest BCUT2D eigenvalue weighted by atomic mass is 10.1. The van der Waals surface area contributed by atoms with E-state index >= 15 is 0 Å². The molecule has 1 atom stereocenters. The molecule has 0 amide bonds. The topological polar surface area (TPSA) is 12.0 Å². The predicted molar refractivity (Wildman–Crippen MR) is 77.6 cm³/mol. The normalized spacial score (nSPS) is 12.4. The van der Waals surface area contributed by atoms with Crippen LogP contribution in [0.2, 0.25) is 0 Å². The summed E-state index contributed by atoms with van der Waals surface area (Å²) in [5, 5.41) is 3.38. The molecule has 0 aliphatic heterocycles. The second-order valence-corrected chi connectivity index (χ2v) is 5.07. The summed E-state index contributed by atoms with van der Waals surface area (Å²) in [6, 6.07) is 15.9. The van der Waals surface area contributed by atoms with Gasteiger partial charge < -0.3 is 5.32 Å². The van der Waals surface area contributed by atoms with E-state index in [-0.39, 0.29) is 5.82 Å². The molecule has 2 heteroatoms. The van der Waals surface area contributed by atoms with Crippen molar-refractivity contribution in [1.29, 1.82) is 0 Å². The Bertz CT molecular complexity index is 522. The molecule has 0 heterocycles. The largest absolute Gasteiger partial charge is 0.310 e. The van der Waals surface area contributed by atoms with Gasteiger partial charge in [-0.3, -0.25) is 0 Å². The van der Waals surface area contributed by atoms with Crippen LogP contribution >= 0.6 is 0 Å². The third kappa shape index (κ3) is 4.18. The van der Waals surface area contributed by atoms with Crippen molar-refractivity contribution in [2.75, 3.05) is 0 Å². The molecule has 0 spiro atoms. The molecule has 2 aromatic rings. The number of aryl methyl sites for hydroxylation is 1. The first-order valence-corrected chi connectivity index (χ1v) is 6.67. The Balaban J connectivity index is 1.90. The van der Waals surface area contributed by atoms with E-state index in [0.29, 0.717) is 12.6 Å². The van der Waals surface area contributed by atoms with Gasteiger partial charge in [0.2, 0.25) is 0 Å². The summed E-state index contributed by atoms with van der Waals surface area (Å²) in [5.41, 5.74) is 3.13. The summed E-state index contributed by atoms with van der Waals surface area (Å²) in [6.45, 7) is 4.68. The Morgan fingerprint density at radius 2 is 1.84 bits per heavy atom. The molecule has 0 bridgehead atoms. The number of halogens is 1. The minimum atomic E-state index is -0.134. The van der Waals surface area contributed by atoms with Crippen LogP contribution in [0.1, 0.15) is 23.6 Å². The fourth-order valence-electron chi connectivity index (χ4n) is 2.16. The molecule has 0 saturated heterocycles. The average Bonchev–Trinajstić information content (AvgIpc) is 2.41. The Morgan fingerprint density at radius 3 is 2.58 bits per heavy atom. The van der Waals surface area contributed by atoms with Crippen LogP contribution in [0.5, 0.6) is 0 Å². The van der Waals surface area contributed by atoms with E-state index in [1.54, 1.807) is 6.07 Å². The first kappa shape index (κ1) is 13.8. The van der Waals surface area contributed by atoms with Gasteiger partial charge >= 0.3 is 0 Å². The molecule has 100 valence electrons. The first-order chi connectivity index (χ1) is 9.15. The van der Waals surface area contributed by atoms with E-state index in [2.05, 4.69) is 24.4 Å². The fourth-order valence-corrected chi connectivity index (χ4v) is 2.16. The molecule has 0 aromatic heterocycles. The lowest BCUT2D eigenvalue weighted by Crippen LogP contribution is -2.27. The third-order valence-corrected chi connectivity index (χ3v) is 3.23. The van der Waals surface area contributed by atoms with Crippen LogP contribution in [0.15, 0.2) is 48.5 Å². The zero-order valence-corrected chi connectivity index (χ0v) is 11.5. The van der Waals surface area contributed by atoms with Gasteiger partial charge in [0.1, 0.15) is 5.82 Å². The van der Waals surface area contributed by atoms with Gasteiger partial charge in [0.25, 0.3) is 0 Å². The lowest BCUT2D eigenvalue weighted by Gasteiger charge is -2.14. The van der Waals surface area contributed by atoms with E-state index in [9.17, 15) is 4.39 Å². The van der Waals surface area contributed by atoms with Crippen molar-refractivity contribution in [2.24, 2.45) is 0 Å². The van der Waals surface area contributed by atoms with Crippen molar-refractivity contribution in [3.8, 4) is 0 Å². The number of rotatable bonds is 5. The Labute approximate surface area is 114 Å². The highest BCUT2D eigenvalue weighted by atomic mass is 19.1. The molecule has 1 unspecified atom stereocenters. The van der Waals surface area contributed by atoms with E-state index in [0.717, 1.165) is 17.5 Å². The van der Waals surface area contributed by atoms with E-state index in [1.165, 1.54) is 11.6 Å². The van der Waals surface area contributed by atoms with Gasteiger partial charge in [-0.05, 0) is 31.9 Å². The summed E-state index contributed by atoms with van der Waals surface area (Å²) in [7, 11) is 0. The molecule has 1 nitrogen and oxygen atoms in total. The Morgan fingerprint density at radius 1 is 1.11 bits per heavy atom. The van der Waals surface area contributed by atoms with Crippen LogP contribution in [0.4, 0.5) is 4.39 Å². The number of benzene rings is 2. The molecule has 0 radical (unpaired) electrons. The van der Waals surface area contributed by atoms with Crippen LogP contribution in [-0.2, 0) is 13.0 Å². The second-order valence-electron chi connectivity index (χ2n) is 5.07. The first-order valence-electron chi connectivity index (χ1n) is 6.67. The summed E-state index contributed by atoms with van der Waals surface area (Å²) >= 11 is 0. The van der Waals surface area contributed by atoms with Crippen molar-refractivity contribution >= 4 is 0 Å². The van der Waals surface area contributed by atoms with E-state index in [1.807, 2.05) is 31.2 Å². The molecular formula is C17H20FN. The smallest absolute Gasteiger partial charge is 0.127 e. The number of hydrogen-bond acceptors (Lipinski definition) is 1. The van der Waals surface area contributed by atoms with Gasteiger partial charge in [-0.2, -0.15) is 0 Å². The van der Waals surface area contributed by atoms with Crippen LogP contribution in [0.25, 0.3) is 0 Å². The van der Waals surface area contributed by atoms with Gasteiger partial charge in [0, 0.05) is 18.2 Å². The van der Waals surface area contributed by atoms with E-state index < -0.39 is 0 Å². The highest BCUT2D eigenvalue weighted by Crippen LogP contribution is 2.10. The predicted octanol–water partition coefficient (Wildman–Crippen LogP) is 3.85. The van der Waals surface area contributed by atoms with Crippen LogP contribution in [-0.4, -0.2) is 6.04 Å². The highest BCUT2D eigenvalue weighted by molar-refractivity contribution is 5.24. The van der Waals surface area contributed by atoms with Gasteiger partial charge in [0.15, 0.2) is 0 Å². The molecule has 0 aliphatic rings. The van der Waals surface area contributed by atoms with Gasteiger partial charge in [-0.15, -0.1) is 0 Å². The van der Waals surface area contributed by atoms with Crippen LogP contribution in [0, 0.1) is 12.7 Å². The SMILES string of the molecule is Cc1ccc(F)c(CNC(C)Cc2ccccc2)c1. The quantitative estimate of drug-likeness (QED) is 0.857. The average molecular weight is 257 g/mol. The zero-order chi connectivity index (χ0) is 13.7. The maximum Gasteiger partial charge on any atom is 0.127 e. The van der Waals surface area contributed by atoms with Crippen molar-refractivity contribution in [3.63, 3.8) is 0 Å². The molecular weight excluding hydrogens is 237 g/mol. The monoisotopic (exact) mass is 257 g/mol. The molecule has 1 N–H and O–H groups in total. The summed E-state index contributed by atoms with van der Waals surface area (Å²) in [6.07, 6.45) is 0.953. The molecule has 2 rings (SSSR count). The van der Waals surface area contributed by atoms with Crippen LogP contribution in [0.3, 0.4) is 0 Å². The van der Waals surface area contributed by atoms with Gasteiger partial charge in [-0.25, -0.2) is 4.39 Å². The van der Waals surface area contributed by atoms with E-state index in [4.69, 9.17) is 0 Å².